The van der Waals surface area contributed by atoms with E-state index in [0.29, 0.717) is 11.1 Å². The second kappa shape index (κ2) is 5.95. The van der Waals surface area contributed by atoms with E-state index < -0.39 is 12.0 Å². The minimum Gasteiger partial charge on any atom is -0.480 e. The van der Waals surface area contributed by atoms with Gasteiger partial charge in [-0.2, -0.15) is 0 Å². The van der Waals surface area contributed by atoms with Crippen molar-refractivity contribution in [3.63, 3.8) is 0 Å². The highest BCUT2D eigenvalue weighted by atomic mass is 16.4. The highest BCUT2D eigenvalue weighted by Gasteiger charge is 2.25. The molecule has 21 heavy (non-hydrogen) atoms. The fourth-order valence-corrected chi connectivity index (χ4v) is 1.81. The fourth-order valence-electron chi connectivity index (χ4n) is 1.81. The van der Waals surface area contributed by atoms with Crippen LogP contribution < -0.4 is 5.32 Å². The quantitative estimate of drug-likeness (QED) is 0.851. The Bertz CT molecular complexity index is 564. The van der Waals surface area contributed by atoms with E-state index in [4.69, 9.17) is 5.11 Å². The summed E-state index contributed by atoms with van der Waals surface area (Å²) in [4.78, 5) is 36.0. The molecule has 0 aromatic heterocycles. The molecule has 1 saturated carbocycles. The number of aliphatic carboxylic acids is 1. The van der Waals surface area contributed by atoms with Gasteiger partial charge in [-0.1, -0.05) is 0 Å². The first-order chi connectivity index (χ1) is 9.90. The van der Waals surface area contributed by atoms with Crippen LogP contribution in [0.2, 0.25) is 0 Å². The van der Waals surface area contributed by atoms with Gasteiger partial charge in [-0.3, -0.25) is 9.59 Å². The average molecular weight is 290 g/mol. The SMILES string of the molecule is CC(C(=O)O)N(C)C(=O)c1ccc(C(=O)NC2CC2)cc1. The number of hydrogen-bond donors (Lipinski definition) is 2. The number of nitrogens with zero attached hydrogens (tertiary/aromatic N) is 1. The van der Waals surface area contributed by atoms with Crippen molar-refractivity contribution in [3.05, 3.63) is 35.4 Å². The summed E-state index contributed by atoms with van der Waals surface area (Å²) in [5, 5.41) is 11.8. The van der Waals surface area contributed by atoms with Crippen LogP contribution in [0, 0.1) is 0 Å². The van der Waals surface area contributed by atoms with Crippen LogP contribution in [0.5, 0.6) is 0 Å². The predicted octanol–water partition coefficient (Wildman–Crippen LogP) is 1.12. The van der Waals surface area contributed by atoms with Gasteiger partial charge in [0, 0.05) is 24.2 Å². The zero-order chi connectivity index (χ0) is 15.6. The first-order valence-electron chi connectivity index (χ1n) is 6.81. The van der Waals surface area contributed by atoms with Crippen molar-refractivity contribution < 1.29 is 19.5 Å². The molecule has 2 N–H and O–H groups in total. The Morgan fingerprint density at radius 3 is 2.19 bits per heavy atom. The molecule has 1 aliphatic carbocycles. The molecule has 6 heteroatoms. The van der Waals surface area contributed by atoms with E-state index in [1.165, 1.54) is 26.1 Å². The molecule has 2 amide bonds. The number of carbonyl (C=O) groups excluding carboxylic acids is 2. The van der Waals surface area contributed by atoms with Crippen molar-refractivity contribution in [1.82, 2.24) is 10.2 Å². The van der Waals surface area contributed by atoms with Crippen molar-refractivity contribution in [1.29, 1.82) is 0 Å². The van der Waals surface area contributed by atoms with Crippen LogP contribution in [0.15, 0.2) is 24.3 Å². The Labute approximate surface area is 122 Å². The third-order valence-corrected chi connectivity index (χ3v) is 3.57. The van der Waals surface area contributed by atoms with Crippen molar-refractivity contribution >= 4 is 17.8 Å². The largest absolute Gasteiger partial charge is 0.480 e. The van der Waals surface area contributed by atoms with Crippen LogP contribution in [0.1, 0.15) is 40.5 Å². The lowest BCUT2D eigenvalue weighted by Gasteiger charge is -2.21. The summed E-state index contributed by atoms with van der Waals surface area (Å²) >= 11 is 0. The minimum atomic E-state index is -1.06. The smallest absolute Gasteiger partial charge is 0.326 e. The highest BCUT2D eigenvalue weighted by molar-refractivity contribution is 5.99. The molecular weight excluding hydrogens is 272 g/mol. The van der Waals surface area contributed by atoms with Gasteiger partial charge >= 0.3 is 5.97 Å². The van der Waals surface area contributed by atoms with Crippen molar-refractivity contribution in [2.24, 2.45) is 0 Å². The van der Waals surface area contributed by atoms with E-state index in [1.54, 1.807) is 12.1 Å². The third-order valence-electron chi connectivity index (χ3n) is 3.57. The second-order valence-electron chi connectivity index (χ2n) is 5.26. The summed E-state index contributed by atoms with van der Waals surface area (Å²) in [6, 6.07) is 5.59. The zero-order valence-electron chi connectivity index (χ0n) is 12.0. The molecule has 0 radical (unpaired) electrons. The first-order valence-corrected chi connectivity index (χ1v) is 6.81. The van der Waals surface area contributed by atoms with Crippen LogP contribution in [0.4, 0.5) is 0 Å². The number of nitrogens with one attached hydrogen (secondary N) is 1. The Morgan fingerprint density at radius 1 is 1.19 bits per heavy atom. The summed E-state index contributed by atoms with van der Waals surface area (Å²) in [5.74, 6) is -1.60. The molecule has 1 unspecified atom stereocenters. The summed E-state index contributed by atoms with van der Waals surface area (Å²) in [6.07, 6.45) is 2.03. The van der Waals surface area contributed by atoms with E-state index in [-0.39, 0.29) is 17.9 Å². The van der Waals surface area contributed by atoms with Gasteiger partial charge in [-0.05, 0) is 44.0 Å². The monoisotopic (exact) mass is 290 g/mol. The molecule has 0 aliphatic heterocycles. The molecule has 1 atom stereocenters. The lowest BCUT2D eigenvalue weighted by atomic mass is 10.1. The molecule has 1 aromatic rings. The van der Waals surface area contributed by atoms with Crippen LogP contribution in [0.3, 0.4) is 0 Å². The van der Waals surface area contributed by atoms with Gasteiger partial charge in [-0.25, -0.2) is 4.79 Å². The van der Waals surface area contributed by atoms with Crippen LogP contribution in [0.25, 0.3) is 0 Å². The van der Waals surface area contributed by atoms with Crippen molar-refractivity contribution in [3.8, 4) is 0 Å². The number of carboxylic acid groups (broad SMARTS) is 1. The van der Waals surface area contributed by atoms with E-state index in [1.807, 2.05) is 0 Å². The number of likely N-dealkylation sites (N-methyl/N-ethyl adjacent to an activating group) is 1. The van der Waals surface area contributed by atoms with Crippen LogP contribution in [-0.2, 0) is 4.79 Å². The van der Waals surface area contributed by atoms with E-state index in [2.05, 4.69) is 5.32 Å². The van der Waals surface area contributed by atoms with Gasteiger partial charge in [-0.15, -0.1) is 0 Å². The Morgan fingerprint density at radius 2 is 1.71 bits per heavy atom. The van der Waals surface area contributed by atoms with Crippen LogP contribution >= 0.6 is 0 Å². The Hall–Kier alpha value is -2.37. The molecule has 112 valence electrons. The van der Waals surface area contributed by atoms with E-state index in [9.17, 15) is 14.4 Å². The maximum atomic E-state index is 12.1. The molecule has 1 fully saturated rings. The topological polar surface area (TPSA) is 86.7 Å². The molecule has 6 nitrogen and oxygen atoms in total. The molecule has 0 bridgehead atoms. The number of carboxylic acids is 1. The average Bonchev–Trinajstić information content (AvgIpc) is 3.28. The Kier molecular flexibility index (Phi) is 4.26. The molecule has 0 spiro atoms. The van der Waals surface area contributed by atoms with E-state index >= 15 is 0 Å². The zero-order valence-corrected chi connectivity index (χ0v) is 12.0. The number of benzene rings is 1. The summed E-state index contributed by atoms with van der Waals surface area (Å²) < 4.78 is 0. The van der Waals surface area contributed by atoms with Crippen molar-refractivity contribution in [2.45, 2.75) is 31.8 Å². The molecule has 2 rings (SSSR count). The second-order valence-corrected chi connectivity index (χ2v) is 5.26. The van der Waals surface area contributed by atoms with Gasteiger partial charge < -0.3 is 15.3 Å². The molecule has 0 heterocycles. The molecular formula is C15H18N2O4. The third kappa shape index (κ3) is 3.59. The number of amides is 2. The molecule has 1 aromatic carbocycles. The predicted molar refractivity (Wildman–Crippen MR) is 76.1 cm³/mol. The van der Waals surface area contributed by atoms with Gasteiger partial charge in [0.1, 0.15) is 6.04 Å². The minimum absolute atomic E-state index is 0.149. The maximum Gasteiger partial charge on any atom is 0.326 e. The van der Waals surface area contributed by atoms with Gasteiger partial charge in [0.15, 0.2) is 0 Å². The van der Waals surface area contributed by atoms with Gasteiger partial charge in [0.05, 0.1) is 0 Å². The highest BCUT2D eigenvalue weighted by Crippen LogP contribution is 2.19. The lowest BCUT2D eigenvalue weighted by molar-refractivity contribution is -0.141. The number of hydrogen-bond acceptors (Lipinski definition) is 3. The fraction of sp³-hybridized carbons (Fsp3) is 0.400. The lowest BCUT2D eigenvalue weighted by Crippen LogP contribution is -2.40. The molecule has 1 aliphatic rings. The first kappa shape index (κ1) is 15.0. The van der Waals surface area contributed by atoms with Gasteiger partial charge in [0.25, 0.3) is 11.8 Å². The number of carbonyl (C=O) groups is 3. The van der Waals surface area contributed by atoms with Gasteiger partial charge in [0.2, 0.25) is 0 Å². The maximum absolute atomic E-state index is 12.1. The normalized spacial score (nSPS) is 15.1. The Balaban J connectivity index is 2.05. The standard InChI is InChI=1S/C15H18N2O4/c1-9(15(20)21)17(2)14(19)11-5-3-10(4-6-11)13(18)16-12-7-8-12/h3-6,9,12H,7-8H2,1-2H3,(H,16,18)(H,20,21). The summed E-state index contributed by atoms with van der Waals surface area (Å²) in [7, 11) is 1.44. The van der Waals surface area contributed by atoms with Crippen molar-refractivity contribution in [2.75, 3.05) is 7.05 Å². The van der Waals surface area contributed by atoms with Crippen LogP contribution in [-0.4, -0.2) is 46.9 Å². The van der Waals surface area contributed by atoms with E-state index in [0.717, 1.165) is 17.7 Å². The number of rotatable bonds is 5. The molecule has 0 saturated heterocycles. The summed E-state index contributed by atoms with van der Waals surface area (Å²) in [6.45, 7) is 1.44. The summed E-state index contributed by atoms with van der Waals surface area (Å²) in [5.41, 5.74) is 0.848.